The van der Waals surface area contributed by atoms with E-state index >= 15 is 0 Å². The summed E-state index contributed by atoms with van der Waals surface area (Å²) in [5.41, 5.74) is 0.676. The lowest BCUT2D eigenvalue weighted by Gasteiger charge is -2.14. The minimum atomic E-state index is -3.90. The molecule has 0 radical (unpaired) electrons. The highest BCUT2D eigenvalue weighted by Gasteiger charge is 2.19. The van der Waals surface area contributed by atoms with E-state index in [0.717, 1.165) is 5.56 Å². The molecular weight excluding hydrogens is 443 g/mol. The van der Waals surface area contributed by atoms with Crippen molar-refractivity contribution in [1.29, 1.82) is 0 Å². The predicted octanol–water partition coefficient (Wildman–Crippen LogP) is 4.61. The summed E-state index contributed by atoms with van der Waals surface area (Å²) in [5.74, 6) is -1.14. The number of sulfonamides is 1. The lowest BCUT2D eigenvalue weighted by atomic mass is 10.2. The third kappa shape index (κ3) is 5.81. The normalized spacial score (nSPS) is 11.2. The lowest BCUT2D eigenvalue weighted by molar-refractivity contribution is 0.102. The second kappa shape index (κ2) is 9.91. The highest BCUT2D eigenvalue weighted by atomic mass is 35.5. The van der Waals surface area contributed by atoms with Gasteiger partial charge in [-0.3, -0.25) is 4.79 Å². The van der Waals surface area contributed by atoms with Gasteiger partial charge in [0.1, 0.15) is 11.6 Å². The van der Waals surface area contributed by atoms with Crippen molar-refractivity contribution < 1.29 is 22.3 Å². The van der Waals surface area contributed by atoms with Gasteiger partial charge in [-0.05, 0) is 55.0 Å². The molecule has 0 spiro atoms. The Morgan fingerprint density at radius 3 is 2.45 bits per heavy atom. The number of ether oxygens (including phenoxy) is 1. The minimum Gasteiger partial charge on any atom is -0.492 e. The van der Waals surface area contributed by atoms with Crippen LogP contribution in [0.25, 0.3) is 0 Å². The van der Waals surface area contributed by atoms with Crippen molar-refractivity contribution in [2.24, 2.45) is 0 Å². The number of halogens is 2. The van der Waals surface area contributed by atoms with Gasteiger partial charge in [0, 0.05) is 11.6 Å². The number of hydrogen-bond acceptors (Lipinski definition) is 4. The van der Waals surface area contributed by atoms with Crippen molar-refractivity contribution in [3.63, 3.8) is 0 Å². The molecule has 6 nitrogen and oxygen atoms in total. The van der Waals surface area contributed by atoms with Crippen LogP contribution in [0.4, 0.5) is 10.1 Å². The summed E-state index contributed by atoms with van der Waals surface area (Å²) in [7, 11) is -3.90. The largest absolute Gasteiger partial charge is 0.492 e. The third-order valence-corrected chi connectivity index (χ3v) is 5.96. The number of nitrogens with one attached hydrogen (secondary N) is 2. The summed E-state index contributed by atoms with van der Waals surface area (Å²) in [6.07, 6.45) is 0. The lowest BCUT2D eigenvalue weighted by Crippen LogP contribution is -2.23. The van der Waals surface area contributed by atoms with Gasteiger partial charge in [-0.25, -0.2) is 17.5 Å². The molecule has 0 heterocycles. The smallest absolute Gasteiger partial charge is 0.258 e. The number of amides is 1. The number of rotatable bonds is 8. The van der Waals surface area contributed by atoms with E-state index in [9.17, 15) is 17.6 Å². The van der Waals surface area contributed by atoms with Crippen LogP contribution in [-0.2, 0) is 16.6 Å². The van der Waals surface area contributed by atoms with Crippen molar-refractivity contribution >= 4 is 33.2 Å². The molecule has 0 unspecified atom stereocenters. The van der Waals surface area contributed by atoms with Crippen molar-refractivity contribution in [2.75, 3.05) is 11.9 Å². The Labute approximate surface area is 185 Å². The van der Waals surface area contributed by atoms with Crippen LogP contribution >= 0.6 is 11.6 Å². The molecule has 0 bridgehead atoms. The molecule has 0 atom stereocenters. The molecule has 3 aromatic rings. The van der Waals surface area contributed by atoms with Gasteiger partial charge >= 0.3 is 0 Å². The van der Waals surface area contributed by atoms with Gasteiger partial charge in [0.05, 0.1) is 22.8 Å². The SMILES string of the molecule is CCOc1ccc(S(=O)(=O)NCc2ccc(Cl)cc2)cc1NC(=O)c1ccccc1F. The third-order valence-electron chi connectivity index (χ3n) is 4.31. The summed E-state index contributed by atoms with van der Waals surface area (Å²) in [6, 6.07) is 16.3. The second-order valence-corrected chi connectivity index (χ2v) is 8.68. The van der Waals surface area contributed by atoms with Crippen LogP contribution in [-0.4, -0.2) is 20.9 Å². The Bertz CT molecular complexity index is 1180. The topological polar surface area (TPSA) is 84.5 Å². The molecule has 0 fully saturated rings. The second-order valence-electron chi connectivity index (χ2n) is 6.48. The molecule has 2 N–H and O–H groups in total. The first-order valence-electron chi connectivity index (χ1n) is 9.37. The fourth-order valence-electron chi connectivity index (χ4n) is 2.75. The first-order chi connectivity index (χ1) is 14.8. The van der Waals surface area contributed by atoms with Crippen LogP contribution in [0, 0.1) is 5.82 Å². The molecule has 0 saturated carbocycles. The Morgan fingerprint density at radius 1 is 1.06 bits per heavy atom. The minimum absolute atomic E-state index is 0.0592. The van der Waals surface area contributed by atoms with Gasteiger partial charge in [-0.2, -0.15) is 0 Å². The molecule has 0 aliphatic heterocycles. The molecule has 162 valence electrons. The standard InChI is InChI=1S/C22H20ClFN2O4S/c1-2-30-21-12-11-17(31(28,29)25-14-15-7-9-16(23)10-8-15)13-20(21)26-22(27)18-5-3-4-6-19(18)24/h3-13,25H,2,14H2,1H3,(H,26,27). The Balaban J connectivity index is 1.85. The molecule has 1 amide bonds. The highest BCUT2D eigenvalue weighted by Crippen LogP contribution is 2.29. The first-order valence-corrected chi connectivity index (χ1v) is 11.2. The van der Waals surface area contributed by atoms with E-state index in [0.29, 0.717) is 11.6 Å². The van der Waals surface area contributed by atoms with Crippen LogP contribution in [0.5, 0.6) is 5.75 Å². The zero-order chi connectivity index (χ0) is 22.4. The molecular formula is C22H20ClFN2O4S. The number of hydrogen-bond donors (Lipinski definition) is 2. The van der Waals surface area contributed by atoms with E-state index in [-0.39, 0.29) is 28.4 Å². The summed E-state index contributed by atoms with van der Waals surface area (Å²) in [5, 5.41) is 3.08. The zero-order valence-corrected chi connectivity index (χ0v) is 18.1. The summed E-state index contributed by atoms with van der Waals surface area (Å²) < 4.78 is 47.4. The number of carbonyl (C=O) groups excluding carboxylic acids is 1. The average molecular weight is 463 g/mol. The molecule has 0 aliphatic rings. The van der Waals surface area contributed by atoms with E-state index in [1.54, 1.807) is 31.2 Å². The summed E-state index contributed by atoms with van der Waals surface area (Å²) in [4.78, 5) is 12.4. The van der Waals surface area contributed by atoms with Crippen LogP contribution < -0.4 is 14.8 Å². The Morgan fingerprint density at radius 2 is 1.77 bits per heavy atom. The van der Waals surface area contributed by atoms with Crippen LogP contribution in [0.3, 0.4) is 0 Å². The average Bonchev–Trinajstić information content (AvgIpc) is 2.75. The quantitative estimate of drug-likeness (QED) is 0.512. The molecule has 31 heavy (non-hydrogen) atoms. The molecule has 9 heteroatoms. The molecule has 3 aromatic carbocycles. The van der Waals surface area contributed by atoms with E-state index < -0.39 is 21.7 Å². The molecule has 0 saturated heterocycles. The highest BCUT2D eigenvalue weighted by molar-refractivity contribution is 7.89. The number of carbonyl (C=O) groups is 1. The van der Waals surface area contributed by atoms with E-state index in [2.05, 4.69) is 10.0 Å². The Hall–Kier alpha value is -2.94. The van der Waals surface area contributed by atoms with Crippen molar-refractivity contribution in [1.82, 2.24) is 4.72 Å². The van der Waals surface area contributed by atoms with Gasteiger partial charge in [-0.15, -0.1) is 0 Å². The molecule has 3 rings (SSSR count). The number of anilines is 1. The predicted molar refractivity (Wildman–Crippen MR) is 117 cm³/mol. The van der Waals surface area contributed by atoms with Crippen molar-refractivity contribution in [2.45, 2.75) is 18.4 Å². The van der Waals surface area contributed by atoms with Gasteiger partial charge in [0.15, 0.2) is 0 Å². The van der Waals surface area contributed by atoms with Gasteiger partial charge in [0.2, 0.25) is 10.0 Å². The fourth-order valence-corrected chi connectivity index (χ4v) is 3.92. The molecule has 0 aliphatic carbocycles. The van der Waals surface area contributed by atoms with Crippen molar-refractivity contribution in [3.8, 4) is 5.75 Å². The maximum Gasteiger partial charge on any atom is 0.258 e. The number of benzene rings is 3. The van der Waals surface area contributed by atoms with Gasteiger partial charge < -0.3 is 10.1 Å². The maximum atomic E-state index is 13.9. The van der Waals surface area contributed by atoms with E-state index in [1.165, 1.54) is 42.5 Å². The zero-order valence-electron chi connectivity index (χ0n) is 16.6. The summed E-state index contributed by atoms with van der Waals surface area (Å²) >= 11 is 5.84. The first kappa shape index (κ1) is 22.7. The Kier molecular flexibility index (Phi) is 7.27. The van der Waals surface area contributed by atoms with E-state index in [1.807, 2.05) is 0 Å². The van der Waals surface area contributed by atoms with Gasteiger partial charge in [0.25, 0.3) is 5.91 Å². The summed E-state index contributed by atoms with van der Waals surface area (Å²) in [6.45, 7) is 2.11. The van der Waals surface area contributed by atoms with Crippen LogP contribution in [0.1, 0.15) is 22.8 Å². The monoisotopic (exact) mass is 462 g/mol. The van der Waals surface area contributed by atoms with Gasteiger partial charge in [-0.1, -0.05) is 35.9 Å². The van der Waals surface area contributed by atoms with Crippen LogP contribution in [0.2, 0.25) is 5.02 Å². The fraction of sp³-hybridized carbons (Fsp3) is 0.136. The maximum absolute atomic E-state index is 13.9. The van der Waals surface area contributed by atoms with E-state index in [4.69, 9.17) is 16.3 Å². The van der Waals surface area contributed by atoms with Crippen molar-refractivity contribution in [3.05, 3.63) is 88.7 Å². The van der Waals surface area contributed by atoms with Crippen LogP contribution in [0.15, 0.2) is 71.6 Å². The molecule has 0 aromatic heterocycles.